The molecule has 156 valence electrons. The van der Waals surface area contributed by atoms with E-state index in [2.05, 4.69) is 9.42 Å². The Labute approximate surface area is 184 Å². The van der Waals surface area contributed by atoms with Gasteiger partial charge < -0.3 is 16.4 Å². The Kier molecular flexibility index (Phi) is 8.14. The van der Waals surface area contributed by atoms with E-state index >= 15 is 0 Å². The molecule has 1 heterocycles. The van der Waals surface area contributed by atoms with Gasteiger partial charge >= 0.3 is 0 Å². The van der Waals surface area contributed by atoms with E-state index in [4.69, 9.17) is 38.1 Å². The summed E-state index contributed by atoms with van der Waals surface area (Å²) < 4.78 is 17.1. The van der Waals surface area contributed by atoms with Gasteiger partial charge in [0.2, 0.25) is 0 Å². The van der Waals surface area contributed by atoms with Crippen LogP contribution in [0.5, 0.6) is 0 Å². The minimum Gasteiger partial charge on any atom is -0.405 e. The van der Waals surface area contributed by atoms with Crippen molar-refractivity contribution in [2.45, 2.75) is 25.0 Å². The van der Waals surface area contributed by atoms with Gasteiger partial charge in [-0.25, -0.2) is 14.2 Å². The van der Waals surface area contributed by atoms with E-state index in [0.717, 1.165) is 0 Å². The summed E-state index contributed by atoms with van der Waals surface area (Å²) in [6, 6.07) is 3.02. The minimum atomic E-state index is -0.756. The molecule has 0 spiro atoms. The molecule has 1 aromatic carbocycles. The van der Waals surface area contributed by atoms with Gasteiger partial charge in [-0.2, -0.15) is 0 Å². The van der Waals surface area contributed by atoms with Gasteiger partial charge in [-0.1, -0.05) is 36.9 Å². The van der Waals surface area contributed by atoms with Crippen molar-refractivity contribution >= 4 is 39.2 Å². The second-order valence-electron chi connectivity index (χ2n) is 7.67. The van der Waals surface area contributed by atoms with E-state index in [0.29, 0.717) is 42.5 Å². The molecule has 7 nitrogen and oxygen atoms in total. The molecule has 1 aromatic rings. The van der Waals surface area contributed by atoms with E-state index < -0.39 is 22.8 Å². The van der Waals surface area contributed by atoms with Gasteiger partial charge in [-0.05, 0) is 36.0 Å². The highest BCUT2D eigenvalue weighted by Gasteiger charge is 2.27. The fourth-order valence-electron chi connectivity index (χ4n) is 3.02. The zero-order chi connectivity index (χ0) is 22.5. The molecule has 30 heavy (non-hydrogen) atoms. The van der Waals surface area contributed by atoms with Gasteiger partial charge in [0.15, 0.2) is 5.84 Å². The number of benzene rings is 1. The van der Waals surface area contributed by atoms with Crippen molar-refractivity contribution < 1.29 is 4.39 Å². The summed E-state index contributed by atoms with van der Waals surface area (Å²) in [6.07, 6.45) is 4.84. The van der Waals surface area contributed by atoms with Crippen LogP contribution < -0.4 is 16.4 Å². The van der Waals surface area contributed by atoms with Gasteiger partial charge in [0.25, 0.3) is 0 Å². The van der Waals surface area contributed by atoms with Crippen LogP contribution in [0.3, 0.4) is 0 Å². The monoisotopic (exact) mass is 425 g/mol. The number of nitrogens with one attached hydrogen (secondary N) is 2. The largest absolute Gasteiger partial charge is 0.405 e. The number of amidine groups is 1. The number of halogens is 1. The van der Waals surface area contributed by atoms with Crippen molar-refractivity contribution in [1.82, 2.24) is 4.31 Å². The Morgan fingerprint density at radius 1 is 1.43 bits per heavy atom. The van der Waals surface area contributed by atoms with Gasteiger partial charge in [0.05, 0.1) is 32.8 Å². The summed E-state index contributed by atoms with van der Waals surface area (Å²) in [5.41, 5.74) is 20.2. The quantitative estimate of drug-likeness (QED) is 0.134. The van der Waals surface area contributed by atoms with Crippen molar-refractivity contribution in [2.75, 3.05) is 30.4 Å². The van der Waals surface area contributed by atoms with Crippen LogP contribution in [0.15, 0.2) is 41.3 Å². The Balaban J connectivity index is 2.30. The predicted octanol–water partition coefficient (Wildman–Crippen LogP) is 2.80. The van der Waals surface area contributed by atoms with Crippen LogP contribution in [-0.2, 0) is 0 Å². The lowest BCUT2D eigenvalue weighted by Gasteiger charge is -2.37. The lowest BCUT2D eigenvalue weighted by atomic mass is 9.54. The normalized spacial score (nSPS) is 17.3. The number of rotatable bonds is 7. The van der Waals surface area contributed by atoms with Gasteiger partial charge in [0.1, 0.15) is 5.82 Å². The first-order chi connectivity index (χ1) is 14.1. The molecule has 2 rings (SSSR count). The van der Waals surface area contributed by atoms with E-state index in [1.807, 2.05) is 4.90 Å². The van der Waals surface area contributed by atoms with Crippen molar-refractivity contribution in [2.24, 2.45) is 16.6 Å². The maximum absolute atomic E-state index is 15.0. The Morgan fingerprint density at radius 3 is 2.67 bits per heavy atom. The Bertz CT molecular complexity index is 846. The zero-order valence-electron chi connectivity index (χ0n) is 17.2. The van der Waals surface area contributed by atoms with Gasteiger partial charge in [-0.15, -0.1) is 5.11 Å². The molecule has 1 fully saturated rings. The summed E-state index contributed by atoms with van der Waals surface area (Å²) in [4.78, 5) is 1.94. The van der Waals surface area contributed by atoms with Crippen molar-refractivity contribution in [1.29, 1.82) is 10.9 Å². The second-order valence-corrected chi connectivity index (χ2v) is 8.70. The smallest absolute Gasteiger partial charge is 0.178 e. The first-order valence-electron chi connectivity index (χ1n) is 9.38. The SMILES string of the molecule is [B]C(c1cc(F)c(C(=N)N=N)c(N2CCN(C/C(N)=C/C=C\N)SC2)c1)C([B])(C)C. The van der Waals surface area contributed by atoms with Crippen molar-refractivity contribution in [3.8, 4) is 0 Å². The third kappa shape index (κ3) is 5.89. The molecule has 11 heteroatoms. The van der Waals surface area contributed by atoms with Crippen LogP contribution in [0, 0.1) is 16.8 Å². The topological polar surface area (TPSA) is 119 Å². The molecular formula is C19H26B2FN7S. The van der Waals surface area contributed by atoms with Crippen LogP contribution in [0.1, 0.15) is 30.8 Å². The highest BCUT2D eigenvalue weighted by atomic mass is 32.2. The minimum absolute atomic E-state index is 0.0164. The third-order valence-corrected chi connectivity index (χ3v) is 5.84. The molecule has 4 radical (unpaired) electrons. The lowest BCUT2D eigenvalue weighted by Crippen LogP contribution is -2.41. The highest BCUT2D eigenvalue weighted by Crippen LogP contribution is 2.39. The summed E-state index contributed by atoms with van der Waals surface area (Å²) in [5, 5.41) is 10.3. The highest BCUT2D eigenvalue weighted by molar-refractivity contribution is 7.97. The van der Waals surface area contributed by atoms with Crippen LogP contribution >= 0.6 is 11.9 Å². The van der Waals surface area contributed by atoms with Gasteiger partial charge in [0, 0.05) is 25.3 Å². The summed E-state index contributed by atoms with van der Waals surface area (Å²) in [6.45, 7) is 5.35. The van der Waals surface area contributed by atoms with Crippen LogP contribution in [0.25, 0.3) is 0 Å². The molecule has 1 aliphatic heterocycles. The average Bonchev–Trinajstić information content (AvgIpc) is 2.70. The average molecular weight is 425 g/mol. The fraction of sp³-hybridized carbons (Fsp3) is 0.421. The fourth-order valence-corrected chi connectivity index (χ4v) is 4.05. The molecule has 0 amide bonds. The Hall–Kier alpha value is -2.26. The maximum Gasteiger partial charge on any atom is 0.178 e. The molecule has 1 atom stereocenters. The van der Waals surface area contributed by atoms with Crippen molar-refractivity contribution in [3.63, 3.8) is 0 Å². The standard InChI is InChI=1S/C19H26B2FN7S/c1-19(2,21)17(20)12-8-14(22)16(18(25)27-26)15(9-12)28-6-7-29(30-11-28)10-13(24)4-3-5-23/h3-5,8-9,17,25-26H,6-7,10-11,23-24H2,1-2H3/b5-3-,13-4-,25-18?,27-26?. The summed E-state index contributed by atoms with van der Waals surface area (Å²) in [5.74, 6) is -1.17. The number of hydrogen-bond acceptors (Lipinski definition) is 7. The molecule has 1 aliphatic rings. The molecule has 0 bridgehead atoms. The van der Waals surface area contributed by atoms with Crippen LogP contribution in [0.4, 0.5) is 10.1 Å². The predicted molar refractivity (Wildman–Crippen MR) is 124 cm³/mol. The van der Waals surface area contributed by atoms with Gasteiger partial charge in [-0.3, -0.25) is 5.41 Å². The van der Waals surface area contributed by atoms with Crippen LogP contribution in [-0.4, -0.2) is 51.3 Å². The number of anilines is 1. The number of nitrogens with two attached hydrogens (primary N) is 2. The first kappa shape index (κ1) is 24.0. The molecular weight excluding hydrogens is 399 g/mol. The third-order valence-electron chi connectivity index (χ3n) is 4.74. The number of hydrogen-bond donors (Lipinski definition) is 4. The van der Waals surface area contributed by atoms with Crippen molar-refractivity contribution in [3.05, 3.63) is 53.1 Å². The number of allylic oxidation sites excluding steroid dienone is 2. The number of nitrogens with zero attached hydrogens (tertiary/aromatic N) is 3. The Morgan fingerprint density at radius 2 is 2.13 bits per heavy atom. The second kappa shape index (κ2) is 10.2. The summed E-state index contributed by atoms with van der Waals surface area (Å²) >= 11 is 1.54. The lowest BCUT2D eigenvalue weighted by molar-refractivity contribution is 0.492. The zero-order valence-corrected chi connectivity index (χ0v) is 18.0. The van der Waals surface area contributed by atoms with E-state index in [9.17, 15) is 4.39 Å². The molecule has 0 aliphatic carbocycles. The molecule has 6 N–H and O–H groups in total. The molecule has 1 unspecified atom stereocenters. The molecule has 0 aromatic heterocycles. The molecule has 1 saturated heterocycles. The van der Waals surface area contributed by atoms with E-state index in [1.54, 1.807) is 32.1 Å². The van der Waals surface area contributed by atoms with Crippen LogP contribution in [0.2, 0.25) is 5.31 Å². The van der Waals surface area contributed by atoms with E-state index in [1.165, 1.54) is 24.2 Å². The molecule has 0 saturated carbocycles. The summed E-state index contributed by atoms with van der Waals surface area (Å²) in [7, 11) is 12.4. The maximum atomic E-state index is 15.0. The van der Waals surface area contributed by atoms with E-state index in [-0.39, 0.29) is 5.56 Å². The first-order valence-corrected chi connectivity index (χ1v) is 10.3.